The minimum atomic E-state index is 1.17. The van der Waals surface area contributed by atoms with E-state index in [2.05, 4.69) is 111 Å². The molecule has 4 aromatic carbocycles. The van der Waals surface area contributed by atoms with Crippen LogP contribution in [-0.4, -0.2) is 0 Å². The van der Waals surface area contributed by atoms with Crippen LogP contribution in [0.15, 0.2) is 77.3 Å². The Morgan fingerprint density at radius 2 is 1.05 bits per heavy atom. The van der Waals surface area contributed by atoms with Gasteiger partial charge in [0.05, 0.1) is 0 Å². The molecule has 0 radical (unpaired) electrons. The van der Waals surface area contributed by atoms with Gasteiger partial charge in [0.25, 0.3) is 0 Å². The van der Waals surface area contributed by atoms with Crippen LogP contribution in [0.1, 0.15) is 0 Å². The van der Waals surface area contributed by atoms with Gasteiger partial charge in [-0.05, 0) is 83.3 Å². The third-order valence-electron chi connectivity index (χ3n) is 4.00. The Morgan fingerprint density at radius 1 is 0.591 bits per heavy atom. The Balaban J connectivity index is 2.23. The SMILES string of the molecule is Brc1c2ccccc2c(-c2ccc(I)cc2)c2ccccc12. The van der Waals surface area contributed by atoms with Crippen LogP contribution in [0, 0.1) is 3.57 Å². The summed E-state index contributed by atoms with van der Waals surface area (Å²) in [5.41, 5.74) is 2.58. The Hall–Kier alpha value is -1.39. The van der Waals surface area contributed by atoms with Crippen LogP contribution in [0.2, 0.25) is 0 Å². The molecule has 0 nitrogen and oxygen atoms in total. The van der Waals surface area contributed by atoms with E-state index in [4.69, 9.17) is 0 Å². The lowest BCUT2D eigenvalue weighted by Crippen LogP contribution is -1.87. The number of hydrogen-bond acceptors (Lipinski definition) is 0. The monoisotopic (exact) mass is 458 g/mol. The van der Waals surface area contributed by atoms with E-state index in [9.17, 15) is 0 Å². The maximum atomic E-state index is 3.80. The lowest BCUT2D eigenvalue weighted by atomic mass is 9.92. The molecule has 0 aliphatic heterocycles. The third kappa shape index (κ3) is 2.25. The Bertz CT molecular complexity index is 931. The first-order valence-corrected chi connectivity index (χ1v) is 8.98. The van der Waals surface area contributed by atoms with Gasteiger partial charge >= 0.3 is 0 Å². The molecule has 2 heteroatoms. The molecule has 0 unspecified atom stereocenters. The zero-order chi connectivity index (χ0) is 15.1. The molecule has 0 N–H and O–H groups in total. The second-order valence-electron chi connectivity index (χ2n) is 5.29. The van der Waals surface area contributed by atoms with Crippen LogP contribution in [0.5, 0.6) is 0 Å². The summed E-state index contributed by atoms with van der Waals surface area (Å²) in [6.45, 7) is 0. The number of halogens is 2. The van der Waals surface area contributed by atoms with Gasteiger partial charge in [0.15, 0.2) is 0 Å². The zero-order valence-electron chi connectivity index (χ0n) is 11.7. The number of fused-ring (bicyclic) bond motifs is 2. The van der Waals surface area contributed by atoms with Crippen molar-refractivity contribution in [3.63, 3.8) is 0 Å². The van der Waals surface area contributed by atoms with E-state index >= 15 is 0 Å². The maximum absolute atomic E-state index is 3.80. The first kappa shape index (κ1) is 14.2. The van der Waals surface area contributed by atoms with Crippen molar-refractivity contribution in [3.8, 4) is 11.1 Å². The topological polar surface area (TPSA) is 0 Å². The third-order valence-corrected chi connectivity index (χ3v) is 5.57. The predicted octanol–water partition coefficient (Wildman–Crippen LogP) is 7.03. The molecule has 4 aromatic rings. The average molecular weight is 459 g/mol. The summed E-state index contributed by atoms with van der Waals surface area (Å²) in [6, 6.07) is 26.0. The fourth-order valence-corrected chi connectivity index (χ4v) is 4.05. The van der Waals surface area contributed by atoms with Crippen molar-refractivity contribution in [1.82, 2.24) is 0 Å². The largest absolute Gasteiger partial charge is 0.0616 e. The second-order valence-corrected chi connectivity index (χ2v) is 7.33. The van der Waals surface area contributed by atoms with Gasteiger partial charge in [-0.3, -0.25) is 0 Å². The Morgan fingerprint density at radius 3 is 1.55 bits per heavy atom. The molecule has 0 aliphatic rings. The summed E-state index contributed by atoms with van der Waals surface area (Å²) < 4.78 is 2.43. The molecule has 106 valence electrons. The van der Waals surface area contributed by atoms with Crippen LogP contribution < -0.4 is 0 Å². The highest BCUT2D eigenvalue weighted by atomic mass is 127. The van der Waals surface area contributed by atoms with Gasteiger partial charge in [-0.1, -0.05) is 60.7 Å². The normalized spacial score (nSPS) is 11.2. The van der Waals surface area contributed by atoms with E-state index in [0.717, 1.165) is 0 Å². The van der Waals surface area contributed by atoms with Gasteiger partial charge in [0.2, 0.25) is 0 Å². The number of benzene rings is 4. The molecule has 0 amide bonds. The van der Waals surface area contributed by atoms with Gasteiger partial charge in [-0.25, -0.2) is 0 Å². The summed E-state index contributed by atoms with van der Waals surface area (Å²) in [6.07, 6.45) is 0. The predicted molar refractivity (Wildman–Crippen MR) is 107 cm³/mol. The molecule has 22 heavy (non-hydrogen) atoms. The molecule has 0 saturated heterocycles. The summed E-state index contributed by atoms with van der Waals surface area (Å²) in [4.78, 5) is 0. The van der Waals surface area contributed by atoms with Crippen LogP contribution in [0.3, 0.4) is 0 Å². The van der Waals surface area contributed by atoms with E-state index in [1.54, 1.807) is 0 Å². The van der Waals surface area contributed by atoms with Crippen molar-refractivity contribution >= 4 is 60.1 Å². The van der Waals surface area contributed by atoms with Crippen molar-refractivity contribution in [3.05, 3.63) is 80.8 Å². The molecule has 0 saturated carbocycles. The van der Waals surface area contributed by atoms with Crippen molar-refractivity contribution in [1.29, 1.82) is 0 Å². The lowest BCUT2D eigenvalue weighted by Gasteiger charge is -2.14. The minimum absolute atomic E-state index is 1.17. The highest BCUT2D eigenvalue weighted by molar-refractivity contribution is 14.1. The molecular formula is C20H12BrI. The minimum Gasteiger partial charge on any atom is -0.0616 e. The highest BCUT2D eigenvalue weighted by Crippen LogP contribution is 2.41. The number of rotatable bonds is 1. The number of hydrogen-bond donors (Lipinski definition) is 0. The molecule has 0 aliphatic carbocycles. The molecule has 0 spiro atoms. The first-order valence-electron chi connectivity index (χ1n) is 7.10. The van der Waals surface area contributed by atoms with E-state index in [0.29, 0.717) is 0 Å². The smallest absolute Gasteiger partial charge is 0.0332 e. The van der Waals surface area contributed by atoms with Gasteiger partial charge in [0.1, 0.15) is 0 Å². The van der Waals surface area contributed by atoms with Crippen molar-refractivity contribution < 1.29 is 0 Å². The fourth-order valence-electron chi connectivity index (χ4n) is 3.00. The first-order chi connectivity index (χ1) is 10.8. The van der Waals surface area contributed by atoms with Gasteiger partial charge in [-0.15, -0.1) is 0 Å². The average Bonchev–Trinajstić information content (AvgIpc) is 2.57. The fraction of sp³-hybridized carbons (Fsp3) is 0. The lowest BCUT2D eigenvalue weighted by molar-refractivity contribution is 1.63. The van der Waals surface area contributed by atoms with Gasteiger partial charge < -0.3 is 0 Å². The highest BCUT2D eigenvalue weighted by Gasteiger charge is 2.13. The molecule has 0 atom stereocenters. The van der Waals surface area contributed by atoms with Crippen molar-refractivity contribution in [2.45, 2.75) is 0 Å². The molecule has 0 heterocycles. The standard InChI is InChI=1S/C20H12BrI/c21-20-17-7-3-1-5-15(17)19(13-9-11-14(22)12-10-13)16-6-2-4-8-18(16)20/h1-12H. The van der Waals surface area contributed by atoms with E-state index < -0.39 is 0 Å². The van der Waals surface area contributed by atoms with E-state index in [1.165, 1.54) is 40.7 Å². The Kier molecular flexibility index (Phi) is 3.66. The van der Waals surface area contributed by atoms with E-state index in [1.807, 2.05) is 0 Å². The van der Waals surface area contributed by atoms with Crippen LogP contribution in [0.25, 0.3) is 32.7 Å². The summed E-state index contributed by atoms with van der Waals surface area (Å²) in [5, 5.41) is 5.09. The summed E-state index contributed by atoms with van der Waals surface area (Å²) in [7, 11) is 0. The van der Waals surface area contributed by atoms with Crippen molar-refractivity contribution in [2.75, 3.05) is 0 Å². The van der Waals surface area contributed by atoms with Crippen molar-refractivity contribution in [2.24, 2.45) is 0 Å². The van der Waals surface area contributed by atoms with Gasteiger partial charge in [0, 0.05) is 8.04 Å². The molecule has 0 fully saturated rings. The van der Waals surface area contributed by atoms with Crippen LogP contribution in [0.4, 0.5) is 0 Å². The summed E-state index contributed by atoms with van der Waals surface area (Å²) >= 11 is 6.15. The summed E-state index contributed by atoms with van der Waals surface area (Å²) in [5.74, 6) is 0. The second kappa shape index (κ2) is 5.67. The maximum Gasteiger partial charge on any atom is 0.0332 e. The van der Waals surface area contributed by atoms with Crippen LogP contribution in [-0.2, 0) is 0 Å². The molecular weight excluding hydrogens is 447 g/mol. The molecule has 4 rings (SSSR count). The quantitative estimate of drug-likeness (QED) is 0.212. The zero-order valence-corrected chi connectivity index (χ0v) is 15.4. The van der Waals surface area contributed by atoms with Gasteiger partial charge in [-0.2, -0.15) is 0 Å². The molecule has 0 bridgehead atoms. The van der Waals surface area contributed by atoms with E-state index in [-0.39, 0.29) is 0 Å². The van der Waals surface area contributed by atoms with Crippen LogP contribution >= 0.6 is 38.5 Å². The molecule has 0 aromatic heterocycles. The Labute approximate surface area is 151 Å².